The standard InChI is InChI=1S/C14H17N5O/c15-14(20)13-5-2-1-3-6-16-7-4-8-17-9-10-18-11-12-19-13/h1-12,17-19H,(H2,15,20). The zero-order chi connectivity index (χ0) is 14.5. The molecule has 0 saturated heterocycles. The third-order valence-corrected chi connectivity index (χ3v) is 1.98. The number of allylic oxidation sites excluding steroid dienone is 5. The Balaban J connectivity index is 2.78. The third-order valence-electron chi connectivity index (χ3n) is 1.98. The first-order valence-electron chi connectivity index (χ1n) is 5.91. The molecule has 20 heavy (non-hydrogen) atoms. The van der Waals surface area contributed by atoms with Crippen LogP contribution in [-0.2, 0) is 4.79 Å². The van der Waals surface area contributed by atoms with Crippen LogP contribution >= 0.6 is 0 Å². The highest BCUT2D eigenvalue weighted by Crippen LogP contribution is 1.90. The average molecular weight is 271 g/mol. The van der Waals surface area contributed by atoms with E-state index in [1.165, 1.54) is 0 Å². The largest absolute Gasteiger partial charge is 0.366 e. The minimum Gasteiger partial charge on any atom is -0.366 e. The second-order valence-corrected chi connectivity index (χ2v) is 3.47. The van der Waals surface area contributed by atoms with Crippen molar-refractivity contribution in [3.63, 3.8) is 0 Å². The van der Waals surface area contributed by atoms with Crippen LogP contribution in [0, 0.1) is 0 Å². The maximum atomic E-state index is 11.2. The van der Waals surface area contributed by atoms with Crippen molar-refractivity contribution in [2.45, 2.75) is 0 Å². The third kappa shape index (κ3) is 7.33. The van der Waals surface area contributed by atoms with E-state index < -0.39 is 5.91 Å². The minimum atomic E-state index is -0.541. The van der Waals surface area contributed by atoms with Crippen LogP contribution in [0.15, 0.2) is 78.3 Å². The molecule has 0 spiro atoms. The number of amides is 1. The van der Waals surface area contributed by atoms with E-state index in [2.05, 4.69) is 20.9 Å². The molecule has 0 aromatic rings. The first-order chi connectivity index (χ1) is 9.80. The normalized spacial score (nSPS) is 15.7. The Bertz CT molecular complexity index is 510. The lowest BCUT2D eigenvalue weighted by molar-refractivity contribution is -0.114. The van der Waals surface area contributed by atoms with Crippen LogP contribution in [-0.4, -0.2) is 12.1 Å². The first-order valence-corrected chi connectivity index (χ1v) is 5.91. The van der Waals surface area contributed by atoms with Gasteiger partial charge in [-0.1, -0.05) is 12.2 Å². The molecule has 6 nitrogen and oxygen atoms in total. The zero-order valence-electron chi connectivity index (χ0n) is 10.9. The maximum Gasteiger partial charge on any atom is 0.265 e. The molecule has 0 fully saturated rings. The van der Waals surface area contributed by atoms with E-state index in [1.54, 1.807) is 73.8 Å². The number of hydrogen-bond acceptors (Lipinski definition) is 5. The molecule has 0 saturated carbocycles. The summed E-state index contributed by atoms with van der Waals surface area (Å²) in [5.74, 6) is -0.541. The fraction of sp³-hybridized carbons (Fsp3) is 0. The lowest BCUT2D eigenvalue weighted by atomic mass is 10.3. The fourth-order valence-electron chi connectivity index (χ4n) is 1.10. The number of rotatable bonds is 1. The van der Waals surface area contributed by atoms with Crippen LogP contribution in [0.25, 0.3) is 0 Å². The molecule has 104 valence electrons. The minimum absolute atomic E-state index is 0.282. The van der Waals surface area contributed by atoms with Crippen LogP contribution < -0.4 is 21.7 Å². The molecule has 0 aromatic heterocycles. The van der Waals surface area contributed by atoms with Gasteiger partial charge in [-0.25, -0.2) is 0 Å². The number of carbonyl (C=O) groups is 1. The molecule has 0 aromatic carbocycles. The molecular weight excluding hydrogens is 254 g/mol. The monoisotopic (exact) mass is 271 g/mol. The van der Waals surface area contributed by atoms with Crippen LogP contribution in [0.5, 0.6) is 0 Å². The van der Waals surface area contributed by atoms with Gasteiger partial charge in [-0.3, -0.25) is 9.79 Å². The lowest BCUT2D eigenvalue weighted by Gasteiger charge is -2.00. The Morgan fingerprint density at radius 1 is 0.950 bits per heavy atom. The molecule has 0 atom stereocenters. The molecule has 0 aliphatic carbocycles. The molecule has 1 aliphatic rings. The van der Waals surface area contributed by atoms with Crippen LogP contribution in [0.2, 0.25) is 0 Å². The number of hydrogen-bond donors (Lipinski definition) is 4. The molecule has 1 amide bonds. The molecule has 1 aliphatic heterocycles. The Morgan fingerprint density at radius 3 is 2.50 bits per heavy atom. The number of nitrogens with two attached hydrogens (primary N) is 1. The number of aliphatic imine (C=N–C) groups is 1. The lowest BCUT2D eigenvalue weighted by Crippen LogP contribution is -2.22. The Morgan fingerprint density at radius 2 is 1.70 bits per heavy atom. The van der Waals surface area contributed by atoms with Gasteiger partial charge in [0.1, 0.15) is 5.70 Å². The van der Waals surface area contributed by atoms with Gasteiger partial charge in [-0.2, -0.15) is 0 Å². The van der Waals surface area contributed by atoms with E-state index in [0.717, 1.165) is 0 Å². The van der Waals surface area contributed by atoms with E-state index in [-0.39, 0.29) is 5.70 Å². The van der Waals surface area contributed by atoms with Crippen molar-refractivity contribution in [1.29, 1.82) is 0 Å². The van der Waals surface area contributed by atoms with E-state index in [4.69, 9.17) is 5.73 Å². The van der Waals surface area contributed by atoms with Crippen molar-refractivity contribution in [2.75, 3.05) is 0 Å². The average Bonchev–Trinajstić information content (AvgIpc) is 2.43. The Kier molecular flexibility index (Phi) is 7.49. The van der Waals surface area contributed by atoms with E-state index in [9.17, 15) is 4.79 Å². The predicted octanol–water partition coefficient (Wildman–Crippen LogP) is 0.735. The summed E-state index contributed by atoms with van der Waals surface area (Å²) in [4.78, 5) is 15.2. The van der Waals surface area contributed by atoms with Gasteiger partial charge in [-0.15, -0.1) is 0 Å². The number of nitrogens with one attached hydrogen (secondary N) is 3. The number of nitrogens with zero attached hydrogens (tertiary/aromatic N) is 1. The van der Waals surface area contributed by atoms with Gasteiger partial charge in [0, 0.05) is 43.4 Å². The van der Waals surface area contributed by atoms with Gasteiger partial charge in [0.2, 0.25) is 0 Å². The van der Waals surface area contributed by atoms with Crippen molar-refractivity contribution >= 4 is 12.1 Å². The molecule has 1 heterocycles. The van der Waals surface area contributed by atoms with Crippen molar-refractivity contribution < 1.29 is 4.79 Å². The number of carbonyl (C=O) groups excluding carboxylic acids is 1. The summed E-state index contributed by atoms with van der Waals surface area (Å²) >= 11 is 0. The smallest absolute Gasteiger partial charge is 0.265 e. The Labute approximate surface area is 117 Å². The quantitative estimate of drug-likeness (QED) is 0.566. The van der Waals surface area contributed by atoms with Gasteiger partial charge >= 0.3 is 0 Å². The van der Waals surface area contributed by atoms with E-state index >= 15 is 0 Å². The van der Waals surface area contributed by atoms with Gasteiger partial charge in [0.05, 0.1) is 0 Å². The van der Waals surface area contributed by atoms with Crippen molar-refractivity contribution in [3.8, 4) is 0 Å². The molecule has 0 bridgehead atoms. The van der Waals surface area contributed by atoms with Crippen LogP contribution in [0.3, 0.4) is 0 Å². The molecule has 0 unspecified atom stereocenters. The summed E-state index contributed by atoms with van der Waals surface area (Å²) in [5, 5.41) is 8.57. The molecule has 0 radical (unpaired) electrons. The van der Waals surface area contributed by atoms with Crippen molar-refractivity contribution in [3.05, 3.63) is 73.3 Å². The molecule has 6 heteroatoms. The highest BCUT2D eigenvalue weighted by molar-refractivity contribution is 5.91. The van der Waals surface area contributed by atoms with Gasteiger partial charge in [0.25, 0.3) is 5.91 Å². The fourth-order valence-corrected chi connectivity index (χ4v) is 1.10. The Hall–Kier alpha value is -3.02. The van der Waals surface area contributed by atoms with Gasteiger partial charge in [0.15, 0.2) is 0 Å². The SMILES string of the molecule is NC(=O)C1=CC=CC=CN=CC=CNC=CNC=CN1. The summed E-state index contributed by atoms with van der Waals surface area (Å²) in [6.07, 6.45) is 20.1. The molecular formula is C14H17N5O. The van der Waals surface area contributed by atoms with Gasteiger partial charge < -0.3 is 21.7 Å². The second kappa shape index (κ2) is 9.95. The predicted molar refractivity (Wildman–Crippen MR) is 80.9 cm³/mol. The summed E-state index contributed by atoms with van der Waals surface area (Å²) in [5.41, 5.74) is 5.52. The highest BCUT2D eigenvalue weighted by atomic mass is 16.1. The van der Waals surface area contributed by atoms with Gasteiger partial charge in [-0.05, 0) is 18.2 Å². The summed E-state index contributed by atoms with van der Waals surface area (Å²) < 4.78 is 0. The summed E-state index contributed by atoms with van der Waals surface area (Å²) in [6.45, 7) is 0. The van der Waals surface area contributed by atoms with Crippen molar-refractivity contribution in [1.82, 2.24) is 16.0 Å². The summed E-state index contributed by atoms with van der Waals surface area (Å²) in [6, 6.07) is 0. The number of primary amides is 1. The topological polar surface area (TPSA) is 91.5 Å². The molecule has 5 N–H and O–H groups in total. The van der Waals surface area contributed by atoms with Crippen LogP contribution in [0.4, 0.5) is 0 Å². The van der Waals surface area contributed by atoms with Crippen LogP contribution in [0.1, 0.15) is 0 Å². The zero-order valence-corrected chi connectivity index (χ0v) is 10.9. The van der Waals surface area contributed by atoms with E-state index in [0.29, 0.717) is 0 Å². The van der Waals surface area contributed by atoms with Crippen molar-refractivity contribution in [2.24, 2.45) is 10.7 Å². The summed E-state index contributed by atoms with van der Waals surface area (Å²) in [7, 11) is 0. The second-order valence-electron chi connectivity index (χ2n) is 3.47. The van der Waals surface area contributed by atoms with E-state index in [1.807, 2.05) is 0 Å². The maximum absolute atomic E-state index is 11.2. The first kappa shape index (κ1) is 15.0. The highest BCUT2D eigenvalue weighted by Gasteiger charge is 1.99. The molecule has 1 rings (SSSR count).